The van der Waals surface area contributed by atoms with Gasteiger partial charge in [-0.25, -0.2) is 0 Å². The average Bonchev–Trinajstić information content (AvgIpc) is 2.73. The van der Waals surface area contributed by atoms with Crippen LogP contribution in [-0.4, -0.2) is 17.7 Å². The average molecular weight is 261 g/mol. The molecule has 0 saturated carbocycles. The topological polar surface area (TPSA) is 17.0 Å². The van der Waals surface area contributed by atoms with Gasteiger partial charge < -0.3 is 9.88 Å². The van der Waals surface area contributed by atoms with Crippen molar-refractivity contribution in [1.82, 2.24) is 9.88 Å². The quantitative estimate of drug-likeness (QED) is 0.830. The number of hydrogen-bond donors (Lipinski definition) is 1. The Morgan fingerprint density at radius 1 is 1.33 bits per heavy atom. The van der Waals surface area contributed by atoms with E-state index in [0.717, 1.165) is 30.1 Å². The fourth-order valence-corrected chi connectivity index (χ4v) is 2.95. The predicted molar refractivity (Wildman–Crippen MR) is 78.1 cm³/mol. The highest BCUT2D eigenvalue weighted by atomic mass is 35.5. The molecule has 1 aromatic heterocycles. The van der Waals surface area contributed by atoms with E-state index in [4.69, 9.17) is 11.6 Å². The van der Waals surface area contributed by atoms with Crippen LogP contribution in [0.1, 0.15) is 17.5 Å². The number of aryl methyl sites for hydroxylation is 2. The van der Waals surface area contributed by atoms with E-state index in [2.05, 4.69) is 42.2 Å². The monoisotopic (exact) mass is 260 g/mol. The van der Waals surface area contributed by atoms with E-state index < -0.39 is 0 Å². The molecule has 0 spiro atoms. The van der Waals surface area contributed by atoms with Gasteiger partial charge in [0.15, 0.2) is 0 Å². The molecule has 1 N–H and O–H groups in total. The lowest BCUT2D eigenvalue weighted by molar-refractivity contribution is 0.738. The number of fused-ring (bicyclic) bond motifs is 1. The Hall–Kier alpha value is -1.25. The second kappa shape index (κ2) is 4.45. The highest BCUT2D eigenvalue weighted by molar-refractivity contribution is 6.32. The molecule has 0 unspecified atom stereocenters. The smallest absolute Gasteiger partial charge is 0.0528 e. The van der Waals surface area contributed by atoms with Crippen LogP contribution in [0.2, 0.25) is 5.02 Å². The van der Waals surface area contributed by atoms with Crippen molar-refractivity contribution >= 4 is 28.1 Å². The molecule has 18 heavy (non-hydrogen) atoms. The fourth-order valence-electron chi connectivity index (χ4n) is 2.80. The van der Waals surface area contributed by atoms with Gasteiger partial charge in [0.25, 0.3) is 0 Å². The Bertz CT molecular complexity index is 637. The summed E-state index contributed by atoms with van der Waals surface area (Å²) in [6.07, 6.45) is 5.62. The van der Waals surface area contributed by atoms with Gasteiger partial charge in [-0.1, -0.05) is 23.7 Å². The van der Waals surface area contributed by atoms with Gasteiger partial charge in [-0.3, -0.25) is 0 Å². The van der Waals surface area contributed by atoms with Crippen LogP contribution in [0.15, 0.2) is 24.4 Å². The minimum absolute atomic E-state index is 0.842. The molecule has 2 nitrogen and oxygen atoms in total. The van der Waals surface area contributed by atoms with Gasteiger partial charge in [0, 0.05) is 35.8 Å². The normalized spacial score (nSPS) is 16.1. The minimum Gasteiger partial charge on any atom is -0.350 e. The van der Waals surface area contributed by atoms with Crippen LogP contribution < -0.4 is 5.32 Å². The van der Waals surface area contributed by atoms with E-state index in [0.29, 0.717) is 0 Å². The molecule has 94 valence electrons. The Balaban J connectivity index is 2.26. The maximum atomic E-state index is 6.22. The number of halogens is 1. The maximum absolute atomic E-state index is 6.22. The Kier molecular flexibility index (Phi) is 2.92. The van der Waals surface area contributed by atoms with Crippen molar-refractivity contribution < 1.29 is 0 Å². The van der Waals surface area contributed by atoms with Crippen LogP contribution in [0.3, 0.4) is 0 Å². The first-order valence-electron chi connectivity index (χ1n) is 6.32. The molecule has 0 amide bonds. The molecule has 1 aliphatic heterocycles. The molecule has 0 bridgehead atoms. The first kappa shape index (κ1) is 11.8. The highest BCUT2D eigenvalue weighted by Crippen LogP contribution is 2.33. The third-order valence-corrected chi connectivity index (χ3v) is 4.15. The van der Waals surface area contributed by atoms with E-state index >= 15 is 0 Å². The van der Waals surface area contributed by atoms with E-state index in [1.54, 1.807) is 0 Å². The molecule has 3 rings (SSSR count). The molecule has 0 aliphatic carbocycles. The molecular formula is C15H17ClN2. The van der Waals surface area contributed by atoms with Crippen molar-refractivity contribution in [2.75, 3.05) is 13.1 Å². The zero-order valence-electron chi connectivity index (χ0n) is 10.8. The van der Waals surface area contributed by atoms with E-state index in [1.165, 1.54) is 22.0 Å². The second-order valence-electron chi connectivity index (χ2n) is 4.91. The number of rotatable bonds is 1. The van der Waals surface area contributed by atoms with Crippen molar-refractivity contribution in [1.29, 1.82) is 0 Å². The van der Waals surface area contributed by atoms with Gasteiger partial charge in [0.2, 0.25) is 0 Å². The van der Waals surface area contributed by atoms with Gasteiger partial charge in [-0.2, -0.15) is 0 Å². The van der Waals surface area contributed by atoms with Crippen molar-refractivity contribution in [2.24, 2.45) is 7.05 Å². The number of benzene rings is 1. The second-order valence-corrected chi connectivity index (χ2v) is 5.31. The molecule has 2 heterocycles. The fraction of sp³-hybridized carbons (Fsp3) is 0.333. The zero-order chi connectivity index (χ0) is 12.7. The lowest BCUT2D eigenvalue weighted by atomic mass is 9.99. The van der Waals surface area contributed by atoms with Gasteiger partial charge >= 0.3 is 0 Å². The number of hydrogen-bond acceptors (Lipinski definition) is 1. The van der Waals surface area contributed by atoms with Crippen molar-refractivity contribution in [3.05, 3.63) is 40.6 Å². The third-order valence-electron chi connectivity index (χ3n) is 3.74. The number of nitrogens with one attached hydrogen (secondary N) is 1. The summed E-state index contributed by atoms with van der Waals surface area (Å²) >= 11 is 6.22. The molecular weight excluding hydrogens is 244 g/mol. The van der Waals surface area contributed by atoms with Crippen LogP contribution >= 0.6 is 11.6 Å². The van der Waals surface area contributed by atoms with Gasteiger partial charge in [-0.15, -0.1) is 0 Å². The Labute approximate surface area is 112 Å². The van der Waals surface area contributed by atoms with Crippen molar-refractivity contribution in [2.45, 2.75) is 13.3 Å². The summed E-state index contributed by atoms with van der Waals surface area (Å²) in [4.78, 5) is 0. The van der Waals surface area contributed by atoms with Crippen molar-refractivity contribution in [3.8, 4) is 0 Å². The predicted octanol–water partition coefficient (Wildman–Crippen LogP) is 3.52. The number of nitrogens with zero attached hydrogens (tertiary/aromatic N) is 1. The first-order valence-corrected chi connectivity index (χ1v) is 6.70. The molecule has 0 fully saturated rings. The summed E-state index contributed by atoms with van der Waals surface area (Å²) in [7, 11) is 2.09. The van der Waals surface area contributed by atoms with Crippen molar-refractivity contribution in [3.63, 3.8) is 0 Å². The van der Waals surface area contributed by atoms with Gasteiger partial charge in [-0.05, 0) is 37.1 Å². The first-order chi connectivity index (χ1) is 8.68. The molecule has 0 atom stereocenters. The van der Waals surface area contributed by atoms with Crippen LogP contribution in [0.4, 0.5) is 0 Å². The largest absolute Gasteiger partial charge is 0.350 e. The Morgan fingerprint density at radius 3 is 2.89 bits per heavy atom. The lowest BCUT2D eigenvalue weighted by Gasteiger charge is -2.13. The minimum atomic E-state index is 0.842. The van der Waals surface area contributed by atoms with Crippen LogP contribution in [-0.2, 0) is 7.05 Å². The standard InChI is InChI=1S/C15H17ClN2/c1-10-14(16)4-3-12-13(9-18(2)15(10)12)11-5-7-17-8-6-11/h3-5,9,17H,6-8H2,1-2H3. The van der Waals surface area contributed by atoms with Crippen LogP contribution in [0, 0.1) is 6.92 Å². The summed E-state index contributed by atoms with van der Waals surface area (Å²) in [6.45, 7) is 4.12. The van der Waals surface area contributed by atoms with Gasteiger partial charge in [0.1, 0.15) is 0 Å². The molecule has 3 heteroatoms. The summed E-state index contributed by atoms with van der Waals surface area (Å²) in [6, 6.07) is 4.15. The summed E-state index contributed by atoms with van der Waals surface area (Å²) in [5.74, 6) is 0. The summed E-state index contributed by atoms with van der Waals surface area (Å²) in [5.41, 5.74) is 5.21. The Morgan fingerprint density at radius 2 is 2.17 bits per heavy atom. The maximum Gasteiger partial charge on any atom is 0.0528 e. The third kappa shape index (κ3) is 1.76. The molecule has 1 aliphatic rings. The van der Waals surface area contributed by atoms with Crippen LogP contribution in [0.25, 0.3) is 16.5 Å². The van der Waals surface area contributed by atoms with Crippen LogP contribution in [0.5, 0.6) is 0 Å². The molecule has 2 aromatic rings. The SMILES string of the molecule is Cc1c(Cl)ccc2c(C3=CCNCC3)cn(C)c12. The summed E-state index contributed by atoms with van der Waals surface area (Å²) in [5, 5.41) is 5.51. The summed E-state index contributed by atoms with van der Waals surface area (Å²) < 4.78 is 2.19. The van der Waals surface area contributed by atoms with Gasteiger partial charge in [0.05, 0.1) is 5.52 Å². The van der Waals surface area contributed by atoms with E-state index in [9.17, 15) is 0 Å². The van der Waals surface area contributed by atoms with E-state index in [-0.39, 0.29) is 0 Å². The van der Waals surface area contributed by atoms with E-state index in [1.807, 2.05) is 6.07 Å². The highest BCUT2D eigenvalue weighted by Gasteiger charge is 2.14. The number of aromatic nitrogens is 1. The zero-order valence-corrected chi connectivity index (χ0v) is 11.5. The molecule has 0 saturated heterocycles. The lowest BCUT2D eigenvalue weighted by Crippen LogP contribution is -2.19. The molecule has 0 radical (unpaired) electrons. The molecule has 1 aromatic carbocycles.